The number of pyridine rings is 1. The molecular weight excluding hydrogens is 611 g/mol. The summed E-state index contributed by atoms with van der Waals surface area (Å²) in [5, 5.41) is 4.81. The number of alkyl carbamates (subject to hydrolysis) is 1. The Labute approximate surface area is 233 Å². The molecule has 1 atom stereocenters. The maximum absolute atomic E-state index is 14.0. The summed E-state index contributed by atoms with van der Waals surface area (Å²) in [7, 11) is 0. The summed E-state index contributed by atoms with van der Waals surface area (Å²) in [5.41, 5.74) is -1.07. The van der Waals surface area contributed by atoms with Crippen molar-refractivity contribution in [3.63, 3.8) is 0 Å². The van der Waals surface area contributed by atoms with E-state index >= 15 is 0 Å². The number of fused-ring (bicyclic) bond motifs is 1. The summed E-state index contributed by atoms with van der Waals surface area (Å²) >= 11 is 3.31. The van der Waals surface area contributed by atoms with Gasteiger partial charge in [0.15, 0.2) is 11.4 Å². The van der Waals surface area contributed by atoms with Crippen LogP contribution < -0.4 is 15.4 Å². The van der Waals surface area contributed by atoms with Crippen LogP contribution in [0.1, 0.15) is 48.4 Å². The van der Waals surface area contributed by atoms with Crippen LogP contribution in [0.2, 0.25) is 0 Å². The van der Waals surface area contributed by atoms with Crippen molar-refractivity contribution in [2.75, 3.05) is 6.54 Å². The first-order valence-electron chi connectivity index (χ1n) is 11.8. The number of aryl methyl sites for hydroxylation is 1. The molecule has 40 heavy (non-hydrogen) atoms. The second-order valence-corrected chi connectivity index (χ2v) is 9.96. The molecule has 2 heterocycles. The van der Waals surface area contributed by atoms with Gasteiger partial charge >= 0.3 is 18.2 Å². The van der Waals surface area contributed by atoms with Gasteiger partial charge in [0.1, 0.15) is 23.9 Å². The molecule has 0 saturated heterocycles. The maximum atomic E-state index is 14.0. The minimum absolute atomic E-state index is 0.0619. The van der Waals surface area contributed by atoms with Gasteiger partial charge in [-0.1, -0.05) is 19.4 Å². The van der Waals surface area contributed by atoms with Gasteiger partial charge in [-0.15, -0.1) is 0 Å². The molecule has 0 bridgehead atoms. The summed E-state index contributed by atoms with van der Waals surface area (Å²) in [4.78, 5) is 40.5. The number of amides is 2. The molecule has 3 aromatic rings. The van der Waals surface area contributed by atoms with Crippen LogP contribution in [0.3, 0.4) is 0 Å². The molecule has 9 nitrogen and oxygen atoms in total. The molecular formula is C25H24BrF5N4O5. The number of nitrogens with one attached hydrogen (secondary N) is 2. The SMILES string of the molecule is CCCC(C)(CNC(=O)c1c(C)nc2c(OCc3c(F)cccc3F)cc(Br)cn12)NC(=O)OC(=O)C(F)(F)F. The maximum Gasteiger partial charge on any atom is 0.491 e. The Morgan fingerprint density at radius 2 is 1.80 bits per heavy atom. The van der Waals surface area contributed by atoms with Crippen LogP contribution in [0.15, 0.2) is 34.9 Å². The number of hydrogen-bond donors (Lipinski definition) is 2. The van der Waals surface area contributed by atoms with Crippen molar-refractivity contribution in [2.24, 2.45) is 0 Å². The van der Waals surface area contributed by atoms with Gasteiger partial charge in [0, 0.05) is 17.2 Å². The van der Waals surface area contributed by atoms with Gasteiger partial charge < -0.3 is 20.1 Å². The van der Waals surface area contributed by atoms with E-state index in [1.165, 1.54) is 29.7 Å². The number of rotatable bonds is 9. The lowest BCUT2D eigenvalue weighted by Crippen LogP contribution is -2.54. The molecule has 0 spiro atoms. The second kappa shape index (κ2) is 12.2. The van der Waals surface area contributed by atoms with Crippen molar-refractivity contribution < 1.29 is 45.8 Å². The molecule has 1 aromatic carbocycles. The van der Waals surface area contributed by atoms with Crippen LogP contribution in [0.4, 0.5) is 26.7 Å². The lowest BCUT2D eigenvalue weighted by Gasteiger charge is -2.30. The van der Waals surface area contributed by atoms with Crippen molar-refractivity contribution in [1.29, 1.82) is 0 Å². The molecule has 0 fully saturated rings. The van der Waals surface area contributed by atoms with E-state index in [1.54, 1.807) is 13.8 Å². The Kier molecular flexibility index (Phi) is 9.38. The number of imidazole rings is 1. The lowest BCUT2D eigenvalue weighted by atomic mass is 9.96. The molecule has 0 aliphatic rings. The van der Waals surface area contributed by atoms with Gasteiger partial charge in [-0.25, -0.2) is 23.4 Å². The number of ether oxygens (including phenoxy) is 2. The first-order valence-corrected chi connectivity index (χ1v) is 12.6. The zero-order chi connectivity index (χ0) is 29.8. The number of carbonyl (C=O) groups is 3. The number of benzene rings is 1. The van der Waals surface area contributed by atoms with E-state index in [0.717, 1.165) is 12.1 Å². The van der Waals surface area contributed by atoms with E-state index in [1.807, 2.05) is 0 Å². The van der Waals surface area contributed by atoms with Crippen molar-refractivity contribution in [1.82, 2.24) is 20.0 Å². The Morgan fingerprint density at radius 1 is 1.15 bits per heavy atom. The van der Waals surface area contributed by atoms with E-state index in [-0.39, 0.29) is 41.3 Å². The van der Waals surface area contributed by atoms with Crippen molar-refractivity contribution in [2.45, 2.75) is 51.9 Å². The summed E-state index contributed by atoms with van der Waals surface area (Å²) < 4.78 is 76.7. The molecule has 216 valence electrons. The average molecular weight is 635 g/mol. The standard InChI is InChI=1S/C25H24BrF5N4O5/c1-4-8-24(3,34-23(38)40-22(37)25(29,30)31)12-32-21(36)19-13(2)33-20-18(9-14(26)10-35(19)20)39-11-15-16(27)6-5-7-17(15)28/h5-7,9-10H,4,8,11-12H2,1-3H3,(H,32,36)(H,34,38). The van der Waals surface area contributed by atoms with Crippen LogP contribution in [0.5, 0.6) is 5.75 Å². The third-order valence-electron chi connectivity index (χ3n) is 5.74. The highest BCUT2D eigenvalue weighted by Crippen LogP contribution is 2.28. The fourth-order valence-electron chi connectivity index (χ4n) is 3.92. The zero-order valence-corrected chi connectivity index (χ0v) is 23.0. The number of alkyl halides is 3. The first-order chi connectivity index (χ1) is 18.6. The predicted octanol–water partition coefficient (Wildman–Crippen LogP) is 5.37. The largest absolute Gasteiger partial charge is 0.491 e. The molecule has 1 unspecified atom stereocenters. The van der Waals surface area contributed by atoms with Crippen LogP contribution in [0.25, 0.3) is 5.65 Å². The van der Waals surface area contributed by atoms with Crippen LogP contribution in [-0.2, 0) is 16.1 Å². The summed E-state index contributed by atoms with van der Waals surface area (Å²) in [6.45, 7) is 4.05. The highest BCUT2D eigenvalue weighted by atomic mass is 79.9. The van der Waals surface area contributed by atoms with Crippen LogP contribution in [0, 0.1) is 18.6 Å². The van der Waals surface area contributed by atoms with Crippen LogP contribution >= 0.6 is 15.9 Å². The number of hydrogen-bond acceptors (Lipinski definition) is 6. The fourth-order valence-corrected chi connectivity index (χ4v) is 4.33. The summed E-state index contributed by atoms with van der Waals surface area (Å²) in [6.07, 6.45) is -4.77. The van der Waals surface area contributed by atoms with E-state index in [9.17, 15) is 36.3 Å². The topological polar surface area (TPSA) is 111 Å². The molecule has 0 aliphatic carbocycles. The smallest absolute Gasteiger partial charge is 0.485 e. The lowest BCUT2D eigenvalue weighted by molar-refractivity contribution is -0.193. The number of halogens is 6. The van der Waals surface area contributed by atoms with Gasteiger partial charge in [-0.2, -0.15) is 13.2 Å². The van der Waals surface area contributed by atoms with Crippen molar-refractivity contribution in [3.8, 4) is 5.75 Å². The predicted molar refractivity (Wildman–Crippen MR) is 135 cm³/mol. The van der Waals surface area contributed by atoms with Crippen molar-refractivity contribution in [3.05, 3.63) is 63.5 Å². The average Bonchev–Trinajstić information content (AvgIpc) is 3.17. The van der Waals surface area contributed by atoms with Gasteiger partial charge in [0.25, 0.3) is 5.91 Å². The molecule has 15 heteroatoms. The quantitative estimate of drug-likeness (QED) is 0.186. The third kappa shape index (κ3) is 7.25. The van der Waals surface area contributed by atoms with E-state index in [2.05, 4.69) is 36.3 Å². The minimum atomic E-state index is -5.35. The number of esters is 1. The normalized spacial score (nSPS) is 13.0. The summed E-state index contributed by atoms with van der Waals surface area (Å²) in [5.74, 6) is -4.79. The zero-order valence-electron chi connectivity index (χ0n) is 21.4. The molecule has 2 aromatic heterocycles. The Balaban J connectivity index is 1.81. The highest BCUT2D eigenvalue weighted by Gasteiger charge is 2.43. The molecule has 3 rings (SSSR count). The fraction of sp³-hybridized carbons (Fsp3) is 0.360. The number of carbonyl (C=O) groups excluding carboxylic acids is 3. The number of aromatic nitrogens is 2. The van der Waals surface area contributed by atoms with Crippen molar-refractivity contribution >= 4 is 39.5 Å². The monoisotopic (exact) mass is 634 g/mol. The molecule has 2 amide bonds. The summed E-state index contributed by atoms with van der Waals surface area (Å²) in [6, 6.07) is 4.92. The van der Waals surface area contributed by atoms with Gasteiger partial charge in [0.05, 0.1) is 16.8 Å². The second-order valence-electron chi connectivity index (χ2n) is 9.04. The van der Waals surface area contributed by atoms with Gasteiger partial charge in [-0.3, -0.25) is 9.20 Å². The molecule has 0 saturated carbocycles. The number of nitrogens with zero attached hydrogens (tertiary/aromatic N) is 2. The van der Waals surface area contributed by atoms with E-state index in [0.29, 0.717) is 10.9 Å². The Morgan fingerprint density at radius 3 is 2.40 bits per heavy atom. The van der Waals surface area contributed by atoms with Gasteiger partial charge in [0.2, 0.25) is 0 Å². The Hall–Kier alpha value is -3.75. The highest BCUT2D eigenvalue weighted by molar-refractivity contribution is 9.10. The third-order valence-corrected chi connectivity index (χ3v) is 6.17. The molecule has 2 N–H and O–H groups in total. The van der Waals surface area contributed by atoms with Crippen LogP contribution in [-0.4, -0.2) is 45.6 Å². The first kappa shape index (κ1) is 30.8. The van der Waals surface area contributed by atoms with Gasteiger partial charge in [-0.05, 0) is 54.4 Å². The van der Waals surface area contributed by atoms with E-state index in [4.69, 9.17) is 4.74 Å². The molecule has 0 radical (unpaired) electrons. The van der Waals surface area contributed by atoms with E-state index < -0.39 is 47.9 Å². The Bertz CT molecular complexity index is 1420. The molecule has 0 aliphatic heterocycles. The minimum Gasteiger partial charge on any atom is -0.485 e.